The Bertz CT molecular complexity index is 246. The lowest BCUT2D eigenvalue weighted by atomic mass is 9.92. The zero-order chi connectivity index (χ0) is 10.7. The molecule has 0 spiro atoms. The van der Waals surface area contributed by atoms with Crippen LogP contribution in [0.2, 0.25) is 0 Å². The van der Waals surface area contributed by atoms with Crippen LogP contribution in [0.1, 0.15) is 47.0 Å². The maximum atomic E-state index is 4.06. The summed E-state index contributed by atoms with van der Waals surface area (Å²) < 4.78 is 0. The van der Waals surface area contributed by atoms with E-state index in [2.05, 4.69) is 39.6 Å². The van der Waals surface area contributed by atoms with Crippen molar-refractivity contribution in [3.05, 3.63) is 23.5 Å². The molecule has 1 heterocycles. The van der Waals surface area contributed by atoms with Gasteiger partial charge >= 0.3 is 0 Å². The number of nitrogens with one attached hydrogen (secondary N) is 1. The van der Waals surface area contributed by atoms with Gasteiger partial charge in [0, 0.05) is 11.4 Å². The van der Waals surface area contributed by atoms with Crippen LogP contribution in [-0.2, 0) is 0 Å². The molecule has 0 fully saturated rings. The first kappa shape index (κ1) is 11.4. The highest BCUT2D eigenvalue weighted by atomic mass is 14.9. The van der Waals surface area contributed by atoms with E-state index in [-0.39, 0.29) is 0 Å². The topological polar surface area (TPSA) is 12.0 Å². The highest BCUT2D eigenvalue weighted by Crippen LogP contribution is 2.28. The molecule has 0 aromatic heterocycles. The van der Waals surface area contributed by atoms with Gasteiger partial charge in [0.25, 0.3) is 0 Å². The third-order valence-corrected chi connectivity index (χ3v) is 2.86. The standard InChI is InChI=1S/C13H23N/c1-9(2)12-8-6-7-11(5)14-13(12)10(3)4/h9-10,14H,5-8H2,1-4H3. The third-order valence-electron chi connectivity index (χ3n) is 2.86. The molecule has 0 aliphatic carbocycles. The third kappa shape index (κ3) is 2.63. The first-order valence-electron chi connectivity index (χ1n) is 5.70. The fourth-order valence-electron chi connectivity index (χ4n) is 2.07. The quantitative estimate of drug-likeness (QED) is 0.702. The Morgan fingerprint density at radius 3 is 2.21 bits per heavy atom. The van der Waals surface area contributed by atoms with E-state index in [0.717, 1.165) is 6.42 Å². The Balaban J connectivity index is 2.97. The normalized spacial score (nSPS) is 18.9. The van der Waals surface area contributed by atoms with Crippen molar-refractivity contribution in [2.75, 3.05) is 0 Å². The average Bonchev–Trinajstić information content (AvgIpc) is 2.26. The van der Waals surface area contributed by atoms with Gasteiger partial charge in [-0.2, -0.15) is 0 Å². The summed E-state index contributed by atoms with van der Waals surface area (Å²) in [6.07, 6.45) is 3.60. The minimum Gasteiger partial charge on any atom is -0.363 e. The second kappa shape index (κ2) is 4.68. The van der Waals surface area contributed by atoms with Crippen molar-refractivity contribution < 1.29 is 0 Å². The highest BCUT2D eigenvalue weighted by Gasteiger charge is 2.17. The molecule has 0 unspecified atom stereocenters. The molecule has 0 aromatic rings. The van der Waals surface area contributed by atoms with Crippen LogP contribution >= 0.6 is 0 Å². The summed E-state index contributed by atoms with van der Waals surface area (Å²) in [7, 11) is 0. The summed E-state index contributed by atoms with van der Waals surface area (Å²) in [5.74, 6) is 1.24. The minimum atomic E-state index is 0.585. The summed E-state index contributed by atoms with van der Waals surface area (Å²) in [5.41, 5.74) is 4.20. The predicted octanol–water partition coefficient (Wildman–Crippen LogP) is 3.84. The van der Waals surface area contributed by atoms with Crippen LogP contribution in [0.15, 0.2) is 23.5 Å². The summed E-state index contributed by atoms with van der Waals surface area (Å²) >= 11 is 0. The zero-order valence-electron chi connectivity index (χ0n) is 9.98. The molecule has 0 saturated carbocycles. The van der Waals surface area contributed by atoms with Crippen molar-refractivity contribution in [1.29, 1.82) is 0 Å². The molecule has 0 atom stereocenters. The Labute approximate surface area is 88.3 Å². The van der Waals surface area contributed by atoms with Crippen molar-refractivity contribution in [1.82, 2.24) is 5.32 Å². The number of hydrogen-bond donors (Lipinski definition) is 1. The maximum absolute atomic E-state index is 4.06. The first-order valence-corrected chi connectivity index (χ1v) is 5.70. The van der Waals surface area contributed by atoms with E-state index in [4.69, 9.17) is 0 Å². The van der Waals surface area contributed by atoms with E-state index >= 15 is 0 Å². The largest absolute Gasteiger partial charge is 0.363 e. The van der Waals surface area contributed by atoms with E-state index in [1.54, 1.807) is 5.57 Å². The van der Waals surface area contributed by atoms with Gasteiger partial charge in [0.2, 0.25) is 0 Å². The van der Waals surface area contributed by atoms with Crippen LogP contribution in [-0.4, -0.2) is 0 Å². The molecule has 1 N–H and O–H groups in total. The summed E-state index contributed by atoms with van der Waals surface area (Å²) in [6.45, 7) is 13.1. The second-order valence-corrected chi connectivity index (χ2v) is 4.83. The SMILES string of the molecule is C=C1CCCC(C(C)C)=C(C(C)C)N1. The first-order chi connectivity index (χ1) is 6.52. The molecule has 1 aliphatic rings. The van der Waals surface area contributed by atoms with Gasteiger partial charge in [-0.15, -0.1) is 0 Å². The monoisotopic (exact) mass is 193 g/mol. The van der Waals surface area contributed by atoms with Crippen LogP contribution in [0.4, 0.5) is 0 Å². The Hall–Kier alpha value is -0.720. The van der Waals surface area contributed by atoms with Crippen molar-refractivity contribution in [3.63, 3.8) is 0 Å². The number of rotatable bonds is 2. The Morgan fingerprint density at radius 1 is 1.07 bits per heavy atom. The number of allylic oxidation sites excluding steroid dienone is 3. The molecule has 0 saturated heterocycles. The molecule has 14 heavy (non-hydrogen) atoms. The van der Waals surface area contributed by atoms with Crippen molar-refractivity contribution in [2.24, 2.45) is 11.8 Å². The van der Waals surface area contributed by atoms with Gasteiger partial charge in [-0.25, -0.2) is 0 Å². The molecule has 80 valence electrons. The fraction of sp³-hybridized carbons (Fsp3) is 0.692. The van der Waals surface area contributed by atoms with E-state index in [1.807, 2.05) is 0 Å². The van der Waals surface area contributed by atoms with Crippen molar-refractivity contribution in [2.45, 2.75) is 47.0 Å². The van der Waals surface area contributed by atoms with Gasteiger partial charge < -0.3 is 5.32 Å². The fourth-order valence-corrected chi connectivity index (χ4v) is 2.07. The Morgan fingerprint density at radius 2 is 1.71 bits per heavy atom. The lowest BCUT2D eigenvalue weighted by Crippen LogP contribution is -2.18. The van der Waals surface area contributed by atoms with Gasteiger partial charge in [0.1, 0.15) is 0 Å². The molecule has 1 rings (SSSR count). The van der Waals surface area contributed by atoms with E-state index in [9.17, 15) is 0 Å². The Kier molecular flexibility index (Phi) is 3.79. The van der Waals surface area contributed by atoms with E-state index in [1.165, 1.54) is 24.2 Å². The molecule has 0 radical (unpaired) electrons. The predicted molar refractivity (Wildman–Crippen MR) is 62.8 cm³/mol. The summed E-state index contributed by atoms with van der Waals surface area (Å²) in [5, 5.41) is 3.49. The minimum absolute atomic E-state index is 0.585. The highest BCUT2D eigenvalue weighted by molar-refractivity contribution is 5.22. The number of hydrogen-bond acceptors (Lipinski definition) is 1. The van der Waals surface area contributed by atoms with Gasteiger partial charge in [-0.05, 0) is 36.7 Å². The zero-order valence-corrected chi connectivity index (χ0v) is 9.98. The smallest absolute Gasteiger partial charge is 0.0168 e. The molecular formula is C13H23N. The van der Waals surface area contributed by atoms with Crippen LogP contribution in [0.5, 0.6) is 0 Å². The molecule has 0 aromatic carbocycles. The summed E-state index contributed by atoms with van der Waals surface area (Å²) in [4.78, 5) is 0. The molecule has 0 bridgehead atoms. The summed E-state index contributed by atoms with van der Waals surface area (Å²) in [6, 6.07) is 0. The lowest BCUT2D eigenvalue weighted by Gasteiger charge is -2.20. The molecule has 0 amide bonds. The maximum Gasteiger partial charge on any atom is 0.0168 e. The van der Waals surface area contributed by atoms with Crippen molar-refractivity contribution >= 4 is 0 Å². The van der Waals surface area contributed by atoms with Gasteiger partial charge in [-0.1, -0.05) is 34.3 Å². The van der Waals surface area contributed by atoms with Gasteiger partial charge in [0.15, 0.2) is 0 Å². The van der Waals surface area contributed by atoms with Crippen molar-refractivity contribution in [3.8, 4) is 0 Å². The van der Waals surface area contributed by atoms with Crippen LogP contribution in [0, 0.1) is 11.8 Å². The van der Waals surface area contributed by atoms with Gasteiger partial charge in [0.05, 0.1) is 0 Å². The molecule has 1 nitrogen and oxygen atoms in total. The second-order valence-electron chi connectivity index (χ2n) is 4.83. The van der Waals surface area contributed by atoms with Crippen LogP contribution in [0.3, 0.4) is 0 Å². The molecule has 1 aliphatic heterocycles. The molecule has 1 heteroatoms. The average molecular weight is 193 g/mol. The molecular weight excluding hydrogens is 170 g/mol. The van der Waals surface area contributed by atoms with E-state index < -0.39 is 0 Å². The lowest BCUT2D eigenvalue weighted by molar-refractivity contribution is 0.633. The van der Waals surface area contributed by atoms with Crippen LogP contribution < -0.4 is 5.32 Å². The van der Waals surface area contributed by atoms with Crippen LogP contribution in [0.25, 0.3) is 0 Å². The van der Waals surface area contributed by atoms with E-state index in [0.29, 0.717) is 11.8 Å². The van der Waals surface area contributed by atoms with Gasteiger partial charge in [-0.3, -0.25) is 0 Å².